The average molecular weight is 380 g/mol. The van der Waals surface area contributed by atoms with Crippen LogP contribution in [-0.2, 0) is 4.74 Å². The summed E-state index contributed by atoms with van der Waals surface area (Å²) in [7, 11) is 1.35. The lowest BCUT2D eigenvalue weighted by molar-refractivity contribution is -0.384. The summed E-state index contributed by atoms with van der Waals surface area (Å²) in [4.78, 5) is 27.0. The van der Waals surface area contributed by atoms with Gasteiger partial charge in [0.25, 0.3) is 5.69 Å². The molecule has 2 aromatic carbocycles. The number of esters is 1. The number of nitro benzene ring substituents is 1. The Morgan fingerprint density at radius 1 is 1.21 bits per heavy atom. The summed E-state index contributed by atoms with van der Waals surface area (Å²) in [5.41, 5.74) is 2.86. The third kappa shape index (κ3) is 3.28. The molecule has 1 fully saturated rings. The predicted molar refractivity (Wildman–Crippen MR) is 105 cm³/mol. The van der Waals surface area contributed by atoms with Gasteiger partial charge in [-0.05, 0) is 43.2 Å². The highest BCUT2D eigenvalue weighted by molar-refractivity contribution is 5.94. The normalized spacial score (nSPS) is 14.3. The fraction of sp³-hybridized carbons (Fsp3) is 0.300. The Bertz CT molecular complexity index is 1040. The molecule has 1 aromatic heterocycles. The van der Waals surface area contributed by atoms with Crippen LogP contribution in [0.2, 0.25) is 0 Å². The first-order chi connectivity index (χ1) is 13.6. The van der Waals surface area contributed by atoms with Crippen LogP contribution >= 0.6 is 0 Å². The molecule has 0 saturated heterocycles. The maximum atomic E-state index is 11.9. The van der Waals surface area contributed by atoms with Crippen LogP contribution in [0.4, 0.5) is 17.3 Å². The number of carbonyl (C=O) groups excluding carboxylic acids is 1. The fourth-order valence-corrected chi connectivity index (χ4v) is 3.76. The minimum Gasteiger partial charge on any atom is -0.465 e. The van der Waals surface area contributed by atoms with Crippen molar-refractivity contribution in [3.05, 3.63) is 58.1 Å². The zero-order valence-corrected chi connectivity index (χ0v) is 15.4. The van der Waals surface area contributed by atoms with Crippen molar-refractivity contribution in [2.45, 2.75) is 31.7 Å². The number of benzene rings is 2. The molecule has 1 heterocycles. The van der Waals surface area contributed by atoms with Crippen molar-refractivity contribution in [2.75, 3.05) is 12.4 Å². The monoisotopic (exact) mass is 380 g/mol. The Morgan fingerprint density at radius 2 is 1.93 bits per heavy atom. The van der Waals surface area contributed by atoms with Crippen LogP contribution in [0.25, 0.3) is 11.0 Å². The highest BCUT2D eigenvalue weighted by atomic mass is 16.6. The number of fused-ring (bicyclic) bond motifs is 1. The van der Waals surface area contributed by atoms with Crippen LogP contribution in [-0.4, -0.2) is 27.6 Å². The first kappa shape index (κ1) is 18.0. The maximum Gasteiger partial charge on any atom is 0.337 e. The van der Waals surface area contributed by atoms with Gasteiger partial charge in [-0.2, -0.15) is 0 Å². The van der Waals surface area contributed by atoms with Crippen LogP contribution < -0.4 is 5.32 Å². The number of nitrogens with one attached hydrogen (secondary N) is 1. The Morgan fingerprint density at radius 3 is 2.57 bits per heavy atom. The molecule has 144 valence electrons. The summed E-state index contributed by atoms with van der Waals surface area (Å²) >= 11 is 0. The highest BCUT2D eigenvalue weighted by Crippen LogP contribution is 2.36. The van der Waals surface area contributed by atoms with Gasteiger partial charge in [0.1, 0.15) is 0 Å². The standard InChI is InChI=1S/C20H20N4O4/c1-28-19(25)13-6-11-18-17(12-13)22-20(23(18)15-4-2-3-5-15)21-14-7-9-16(10-8-14)24(26)27/h6-12,15H,2-5H2,1H3,(H,21,22). The first-order valence-electron chi connectivity index (χ1n) is 9.18. The summed E-state index contributed by atoms with van der Waals surface area (Å²) < 4.78 is 6.98. The van der Waals surface area contributed by atoms with Gasteiger partial charge < -0.3 is 14.6 Å². The number of carbonyl (C=O) groups is 1. The molecule has 4 rings (SSSR count). The second kappa shape index (κ2) is 7.30. The third-order valence-electron chi connectivity index (χ3n) is 5.13. The van der Waals surface area contributed by atoms with Gasteiger partial charge in [-0.3, -0.25) is 10.1 Å². The van der Waals surface area contributed by atoms with Crippen molar-refractivity contribution in [1.29, 1.82) is 0 Å². The summed E-state index contributed by atoms with van der Waals surface area (Å²) in [6.07, 6.45) is 4.47. The van der Waals surface area contributed by atoms with E-state index >= 15 is 0 Å². The number of methoxy groups -OCH3 is 1. The number of nitrogens with zero attached hydrogens (tertiary/aromatic N) is 3. The number of hydrogen-bond acceptors (Lipinski definition) is 6. The van der Waals surface area contributed by atoms with E-state index in [1.165, 1.54) is 32.1 Å². The Hall–Kier alpha value is -3.42. The quantitative estimate of drug-likeness (QED) is 0.395. The minimum atomic E-state index is -0.425. The molecule has 8 heteroatoms. The maximum absolute atomic E-state index is 11.9. The third-order valence-corrected chi connectivity index (χ3v) is 5.13. The topological polar surface area (TPSA) is 99.3 Å². The van der Waals surface area contributed by atoms with E-state index in [4.69, 9.17) is 9.72 Å². The van der Waals surface area contributed by atoms with Crippen LogP contribution in [0.5, 0.6) is 0 Å². The summed E-state index contributed by atoms with van der Waals surface area (Å²) in [6, 6.07) is 11.9. The minimum absolute atomic E-state index is 0.0394. The molecule has 1 saturated carbocycles. The van der Waals surface area contributed by atoms with Gasteiger partial charge in [0.2, 0.25) is 5.95 Å². The van der Waals surface area contributed by atoms with E-state index in [9.17, 15) is 14.9 Å². The lowest BCUT2D eigenvalue weighted by atomic mass is 10.2. The van der Waals surface area contributed by atoms with E-state index in [-0.39, 0.29) is 5.69 Å². The SMILES string of the molecule is COC(=O)c1ccc2c(c1)nc(Nc1ccc([N+](=O)[O-])cc1)n2C1CCCC1. The van der Waals surface area contributed by atoms with Crippen molar-refractivity contribution >= 4 is 34.3 Å². The Balaban J connectivity index is 1.75. The number of imidazole rings is 1. The number of non-ortho nitro benzene ring substituents is 1. The summed E-state index contributed by atoms with van der Waals surface area (Å²) in [6.45, 7) is 0. The molecule has 0 aliphatic heterocycles. The molecule has 0 amide bonds. The van der Waals surface area contributed by atoms with Crippen molar-refractivity contribution in [3.63, 3.8) is 0 Å². The Labute approximate surface area is 161 Å². The van der Waals surface area contributed by atoms with Crippen molar-refractivity contribution in [1.82, 2.24) is 9.55 Å². The number of hydrogen-bond donors (Lipinski definition) is 1. The number of aromatic nitrogens is 2. The van der Waals surface area contributed by atoms with Gasteiger partial charge in [0, 0.05) is 23.9 Å². The second-order valence-corrected chi connectivity index (χ2v) is 6.87. The van der Waals surface area contributed by atoms with Crippen molar-refractivity contribution in [3.8, 4) is 0 Å². The lowest BCUT2D eigenvalue weighted by Crippen LogP contribution is -2.09. The molecular weight excluding hydrogens is 360 g/mol. The van der Waals surface area contributed by atoms with Crippen molar-refractivity contribution in [2.24, 2.45) is 0 Å². The van der Waals surface area contributed by atoms with E-state index < -0.39 is 10.9 Å². The molecule has 3 aromatic rings. The van der Waals surface area contributed by atoms with Gasteiger partial charge in [0.15, 0.2) is 0 Å². The van der Waals surface area contributed by atoms with E-state index in [0.717, 1.165) is 18.4 Å². The van der Waals surface area contributed by atoms with Gasteiger partial charge >= 0.3 is 5.97 Å². The molecule has 0 radical (unpaired) electrons. The number of nitro groups is 1. The molecule has 1 N–H and O–H groups in total. The van der Waals surface area contributed by atoms with E-state index in [1.54, 1.807) is 24.3 Å². The van der Waals surface area contributed by atoms with Gasteiger partial charge in [-0.1, -0.05) is 12.8 Å². The van der Waals surface area contributed by atoms with E-state index in [1.807, 2.05) is 6.07 Å². The molecule has 1 aliphatic rings. The molecule has 0 unspecified atom stereocenters. The van der Waals surface area contributed by atoms with Crippen LogP contribution in [0.1, 0.15) is 42.1 Å². The molecule has 28 heavy (non-hydrogen) atoms. The molecular formula is C20H20N4O4. The zero-order chi connectivity index (χ0) is 19.7. The lowest BCUT2D eigenvalue weighted by Gasteiger charge is -2.17. The molecule has 1 aliphatic carbocycles. The Kier molecular flexibility index (Phi) is 4.68. The molecule has 0 bridgehead atoms. The van der Waals surface area contributed by atoms with E-state index in [2.05, 4.69) is 9.88 Å². The predicted octanol–water partition coefficient (Wildman–Crippen LogP) is 4.59. The average Bonchev–Trinajstić information content (AvgIpc) is 3.34. The molecule has 8 nitrogen and oxygen atoms in total. The largest absolute Gasteiger partial charge is 0.465 e. The van der Waals surface area contributed by atoms with E-state index in [0.29, 0.717) is 28.8 Å². The number of rotatable bonds is 5. The van der Waals surface area contributed by atoms with Gasteiger partial charge in [-0.15, -0.1) is 0 Å². The van der Waals surface area contributed by atoms with Crippen LogP contribution in [0.3, 0.4) is 0 Å². The first-order valence-corrected chi connectivity index (χ1v) is 9.18. The number of anilines is 2. The van der Waals surface area contributed by atoms with Crippen LogP contribution in [0, 0.1) is 10.1 Å². The van der Waals surface area contributed by atoms with Gasteiger partial charge in [-0.25, -0.2) is 9.78 Å². The fourth-order valence-electron chi connectivity index (χ4n) is 3.76. The summed E-state index contributed by atoms with van der Waals surface area (Å²) in [5, 5.41) is 14.1. The highest BCUT2D eigenvalue weighted by Gasteiger charge is 2.23. The second-order valence-electron chi connectivity index (χ2n) is 6.87. The van der Waals surface area contributed by atoms with Gasteiger partial charge in [0.05, 0.1) is 28.6 Å². The van der Waals surface area contributed by atoms with Crippen molar-refractivity contribution < 1.29 is 14.5 Å². The zero-order valence-electron chi connectivity index (χ0n) is 15.4. The van der Waals surface area contributed by atoms with Crippen LogP contribution in [0.15, 0.2) is 42.5 Å². The molecule has 0 atom stereocenters. The molecule has 0 spiro atoms. The number of ether oxygens (including phenoxy) is 1. The smallest absolute Gasteiger partial charge is 0.337 e. The summed E-state index contributed by atoms with van der Waals surface area (Å²) in [5.74, 6) is 0.264.